The average molecular weight is 234 g/mol. The Morgan fingerprint density at radius 1 is 1.24 bits per heavy atom. The summed E-state index contributed by atoms with van der Waals surface area (Å²) in [7, 11) is 0. The lowest BCUT2D eigenvalue weighted by Gasteiger charge is -2.33. The van der Waals surface area contributed by atoms with Crippen molar-refractivity contribution in [2.45, 2.75) is 53.1 Å². The van der Waals surface area contributed by atoms with Crippen LogP contribution in [-0.2, 0) is 6.54 Å². The first-order valence-corrected chi connectivity index (χ1v) is 5.96. The second kappa shape index (κ2) is 4.93. The van der Waals surface area contributed by atoms with Crippen molar-refractivity contribution in [3.05, 3.63) is 23.7 Å². The molecule has 94 valence electrons. The third kappa shape index (κ3) is 5.06. The van der Waals surface area contributed by atoms with E-state index in [1.165, 1.54) is 0 Å². The molecule has 0 aliphatic heterocycles. The maximum absolute atomic E-state index is 8.67. The van der Waals surface area contributed by atoms with Crippen LogP contribution in [0.2, 0.25) is 0 Å². The van der Waals surface area contributed by atoms with Crippen LogP contribution in [0, 0.1) is 16.7 Å². The van der Waals surface area contributed by atoms with Crippen molar-refractivity contribution in [2.24, 2.45) is 5.41 Å². The van der Waals surface area contributed by atoms with Gasteiger partial charge in [-0.15, -0.1) is 0 Å². The van der Waals surface area contributed by atoms with Gasteiger partial charge < -0.3 is 9.73 Å². The molecule has 0 aliphatic carbocycles. The highest BCUT2D eigenvalue weighted by Crippen LogP contribution is 2.27. The van der Waals surface area contributed by atoms with E-state index in [0.29, 0.717) is 12.3 Å². The molecule has 1 heterocycles. The van der Waals surface area contributed by atoms with Crippen molar-refractivity contribution < 1.29 is 4.42 Å². The van der Waals surface area contributed by atoms with Crippen molar-refractivity contribution in [1.29, 1.82) is 5.26 Å². The predicted octanol–water partition coefficient (Wildman–Crippen LogP) is 3.46. The molecular weight excluding hydrogens is 212 g/mol. The maximum Gasteiger partial charge on any atom is 0.203 e. The molecular formula is C14H22N2O. The van der Waals surface area contributed by atoms with Crippen LogP contribution >= 0.6 is 0 Å². The summed E-state index contributed by atoms with van der Waals surface area (Å²) in [6.45, 7) is 11.7. The Kier molecular flexibility index (Phi) is 4.00. The number of nitrogens with one attached hydrogen (secondary N) is 1. The van der Waals surface area contributed by atoms with E-state index in [-0.39, 0.29) is 11.0 Å². The highest BCUT2D eigenvalue weighted by atomic mass is 16.3. The van der Waals surface area contributed by atoms with E-state index in [1.54, 1.807) is 6.07 Å². The van der Waals surface area contributed by atoms with Gasteiger partial charge in [0.15, 0.2) is 0 Å². The van der Waals surface area contributed by atoms with E-state index in [0.717, 1.165) is 12.2 Å². The molecule has 0 unspecified atom stereocenters. The summed E-state index contributed by atoms with van der Waals surface area (Å²) in [6, 6.07) is 5.54. The molecule has 1 aromatic rings. The predicted molar refractivity (Wildman–Crippen MR) is 68.4 cm³/mol. The fraction of sp³-hybridized carbons (Fsp3) is 0.643. The van der Waals surface area contributed by atoms with Crippen molar-refractivity contribution in [3.8, 4) is 6.07 Å². The molecule has 0 aliphatic rings. The summed E-state index contributed by atoms with van der Waals surface area (Å²) < 4.78 is 5.33. The van der Waals surface area contributed by atoms with Crippen molar-refractivity contribution in [1.82, 2.24) is 5.32 Å². The van der Waals surface area contributed by atoms with Gasteiger partial charge in [-0.2, -0.15) is 5.26 Å². The lowest BCUT2D eigenvalue weighted by atomic mass is 9.82. The molecule has 0 saturated heterocycles. The Balaban J connectivity index is 2.52. The largest absolute Gasteiger partial charge is 0.449 e. The van der Waals surface area contributed by atoms with Gasteiger partial charge in [0.1, 0.15) is 11.8 Å². The van der Waals surface area contributed by atoms with Crippen molar-refractivity contribution in [2.75, 3.05) is 0 Å². The molecule has 0 atom stereocenters. The standard InChI is InChI=1S/C14H22N2O/c1-13(2,3)10-14(4,5)16-9-12-7-6-11(8-15)17-12/h6-7,16H,9-10H2,1-5H3. The summed E-state index contributed by atoms with van der Waals surface area (Å²) in [5.41, 5.74) is 0.343. The molecule has 1 rings (SSSR count). The van der Waals surface area contributed by atoms with Gasteiger partial charge >= 0.3 is 0 Å². The summed E-state index contributed by atoms with van der Waals surface area (Å²) in [6.07, 6.45) is 1.08. The minimum absolute atomic E-state index is 0.0534. The monoisotopic (exact) mass is 234 g/mol. The van der Waals surface area contributed by atoms with Crippen LogP contribution in [0.1, 0.15) is 52.6 Å². The fourth-order valence-electron chi connectivity index (χ4n) is 2.25. The maximum atomic E-state index is 8.67. The van der Waals surface area contributed by atoms with Crippen molar-refractivity contribution >= 4 is 0 Å². The zero-order valence-corrected chi connectivity index (χ0v) is 11.4. The quantitative estimate of drug-likeness (QED) is 0.868. The zero-order valence-electron chi connectivity index (χ0n) is 11.4. The molecule has 17 heavy (non-hydrogen) atoms. The first kappa shape index (κ1) is 13.8. The number of furan rings is 1. The lowest BCUT2D eigenvalue weighted by Crippen LogP contribution is -2.41. The Bertz CT molecular complexity index is 405. The minimum atomic E-state index is 0.0534. The topological polar surface area (TPSA) is 49.0 Å². The summed E-state index contributed by atoms with van der Waals surface area (Å²) >= 11 is 0. The molecule has 0 bridgehead atoms. The first-order valence-electron chi connectivity index (χ1n) is 5.96. The zero-order chi connectivity index (χ0) is 13.1. The third-order valence-electron chi connectivity index (χ3n) is 2.49. The highest BCUT2D eigenvalue weighted by molar-refractivity contribution is 5.19. The first-order chi connectivity index (χ1) is 7.72. The lowest BCUT2D eigenvalue weighted by molar-refractivity contribution is 0.235. The second-order valence-electron chi connectivity index (χ2n) is 6.35. The van der Waals surface area contributed by atoms with E-state index in [2.05, 4.69) is 39.9 Å². The molecule has 3 heteroatoms. The van der Waals surface area contributed by atoms with Crippen molar-refractivity contribution in [3.63, 3.8) is 0 Å². The summed E-state index contributed by atoms with van der Waals surface area (Å²) in [5, 5.41) is 12.1. The molecule has 0 saturated carbocycles. The molecule has 0 amide bonds. The van der Waals surface area contributed by atoms with Gasteiger partial charge in [0.05, 0.1) is 6.54 Å². The van der Waals surface area contributed by atoms with Gasteiger partial charge in [-0.25, -0.2) is 0 Å². The average Bonchev–Trinajstić information content (AvgIpc) is 2.58. The highest BCUT2D eigenvalue weighted by Gasteiger charge is 2.24. The molecule has 3 nitrogen and oxygen atoms in total. The van der Waals surface area contributed by atoms with E-state index in [4.69, 9.17) is 9.68 Å². The van der Waals surface area contributed by atoms with E-state index in [9.17, 15) is 0 Å². The Hall–Kier alpha value is -1.27. The molecule has 1 aromatic heterocycles. The third-order valence-corrected chi connectivity index (χ3v) is 2.49. The van der Waals surface area contributed by atoms with Crippen LogP contribution in [-0.4, -0.2) is 5.54 Å². The molecule has 0 aromatic carbocycles. The summed E-state index contributed by atoms with van der Waals surface area (Å²) in [4.78, 5) is 0. The fourth-order valence-corrected chi connectivity index (χ4v) is 2.25. The molecule has 0 spiro atoms. The summed E-state index contributed by atoms with van der Waals surface area (Å²) in [5.74, 6) is 1.18. The minimum Gasteiger partial charge on any atom is -0.449 e. The van der Waals surface area contributed by atoms with Gasteiger partial charge in [-0.3, -0.25) is 0 Å². The molecule has 0 fully saturated rings. The molecule has 1 N–H and O–H groups in total. The van der Waals surface area contributed by atoms with Gasteiger partial charge in [-0.1, -0.05) is 20.8 Å². The Morgan fingerprint density at radius 3 is 2.35 bits per heavy atom. The van der Waals surface area contributed by atoms with Crippen LogP contribution in [0.4, 0.5) is 0 Å². The Labute approximate surface area is 104 Å². The Morgan fingerprint density at radius 2 is 1.88 bits per heavy atom. The van der Waals surface area contributed by atoms with E-state index in [1.807, 2.05) is 12.1 Å². The SMILES string of the molecule is CC(C)(C)CC(C)(C)NCc1ccc(C#N)o1. The van der Waals surface area contributed by atoms with Crippen LogP contribution in [0.15, 0.2) is 16.5 Å². The van der Waals surface area contributed by atoms with Crippen LogP contribution < -0.4 is 5.32 Å². The van der Waals surface area contributed by atoms with E-state index >= 15 is 0 Å². The van der Waals surface area contributed by atoms with Crippen LogP contribution in [0.25, 0.3) is 0 Å². The van der Waals surface area contributed by atoms with E-state index < -0.39 is 0 Å². The molecule has 0 radical (unpaired) electrons. The number of hydrogen-bond donors (Lipinski definition) is 1. The smallest absolute Gasteiger partial charge is 0.203 e. The number of rotatable bonds is 4. The van der Waals surface area contributed by atoms with Crippen LogP contribution in [0.3, 0.4) is 0 Å². The van der Waals surface area contributed by atoms with Gasteiger partial charge in [0, 0.05) is 5.54 Å². The van der Waals surface area contributed by atoms with Gasteiger partial charge in [0.25, 0.3) is 0 Å². The number of nitriles is 1. The number of hydrogen-bond acceptors (Lipinski definition) is 3. The normalized spacial score (nSPS) is 12.5. The second-order valence-corrected chi connectivity index (χ2v) is 6.35. The van der Waals surface area contributed by atoms with Gasteiger partial charge in [-0.05, 0) is 37.8 Å². The van der Waals surface area contributed by atoms with Crippen LogP contribution in [0.5, 0.6) is 0 Å². The number of nitrogens with zero attached hydrogens (tertiary/aromatic N) is 1. The van der Waals surface area contributed by atoms with Gasteiger partial charge in [0.2, 0.25) is 5.76 Å².